The number of amides is 1. The maximum Gasteiger partial charge on any atom is 0.261 e. The van der Waals surface area contributed by atoms with Gasteiger partial charge in [-0.05, 0) is 11.1 Å². The van der Waals surface area contributed by atoms with Gasteiger partial charge in [-0.15, -0.1) is 11.3 Å². The number of benzene rings is 1. The van der Waals surface area contributed by atoms with E-state index in [1.165, 1.54) is 11.3 Å². The lowest BCUT2D eigenvalue weighted by molar-refractivity contribution is 0.0954. The Morgan fingerprint density at radius 3 is 2.74 bits per heavy atom. The second-order valence-electron chi connectivity index (χ2n) is 4.01. The SMILES string of the molecule is COc1csc(C(=O)NCc2ccccc2CN)c1. The largest absolute Gasteiger partial charge is 0.496 e. The monoisotopic (exact) mass is 276 g/mol. The van der Waals surface area contributed by atoms with E-state index in [4.69, 9.17) is 10.5 Å². The quantitative estimate of drug-likeness (QED) is 0.879. The molecule has 0 radical (unpaired) electrons. The third-order valence-corrected chi connectivity index (χ3v) is 3.72. The lowest BCUT2D eigenvalue weighted by atomic mass is 10.1. The fourth-order valence-corrected chi connectivity index (χ4v) is 2.51. The highest BCUT2D eigenvalue weighted by Crippen LogP contribution is 2.21. The topological polar surface area (TPSA) is 64.3 Å². The normalized spacial score (nSPS) is 10.2. The van der Waals surface area contributed by atoms with Crippen molar-refractivity contribution in [2.45, 2.75) is 13.1 Å². The minimum Gasteiger partial charge on any atom is -0.496 e. The summed E-state index contributed by atoms with van der Waals surface area (Å²) < 4.78 is 5.06. The molecule has 100 valence electrons. The zero-order valence-electron chi connectivity index (χ0n) is 10.7. The van der Waals surface area contributed by atoms with Gasteiger partial charge in [0, 0.05) is 24.5 Å². The fourth-order valence-electron chi connectivity index (χ4n) is 1.74. The van der Waals surface area contributed by atoms with E-state index in [0.717, 1.165) is 11.1 Å². The Kier molecular flexibility index (Phi) is 4.54. The van der Waals surface area contributed by atoms with E-state index in [-0.39, 0.29) is 5.91 Å². The highest BCUT2D eigenvalue weighted by Gasteiger charge is 2.09. The Bertz CT molecular complexity index is 566. The summed E-state index contributed by atoms with van der Waals surface area (Å²) in [5, 5.41) is 4.70. The number of hydrogen-bond donors (Lipinski definition) is 2. The number of nitrogens with one attached hydrogen (secondary N) is 1. The van der Waals surface area contributed by atoms with Gasteiger partial charge in [-0.2, -0.15) is 0 Å². The molecular weight excluding hydrogens is 260 g/mol. The molecule has 5 heteroatoms. The molecule has 2 rings (SSSR count). The van der Waals surface area contributed by atoms with Crippen molar-refractivity contribution in [2.75, 3.05) is 7.11 Å². The predicted octanol–water partition coefficient (Wildman–Crippen LogP) is 2.15. The van der Waals surface area contributed by atoms with Gasteiger partial charge in [0.2, 0.25) is 0 Å². The summed E-state index contributed by atoms with van der Waals surface area (Å²) in [7, 11) is 1.58. The van der Waals surface area contributed by atoms with Gasteiger partial charge in [-0.1, -0.05) is 24.3 Å². The number of carbonyl (C=O) groups is 1. The van der Waals surface area contributed by atoms with E-state index >= 15 is 0 Å². The van der Waals surface area contributed by atoms with Crippen LogP contribution in [0.25, 0.3) is 0 Å². The first-order valence-electron chi connectivity index (χ1n) is 5.92. The lowest BCUT2D eigenvalue weighted by Gasteiger charge is -2.08. The average Bonchev–Trinajstić information content (AvgIpc) is 2.94. The zero-order valence-corrected chi connectivity index (χ0v) is 11.5. The third-order valence-electron chi connectivity index (χ3n) is 2.81. The Morgan fingerprint density at radius 1 is 1.37 bits per heavy atom. The number of hydrogen-bond acceptors (Lipinski definition) is 4. The molecule has 0 aliphatic rings. The first-order valence-corrected chi connectivity index (χ1v) is 6.80. The molecule has 0 atom stereocenters. The van der Waals surface area contributed by atoms with Crippen molar-refractivity contribution < 1.29 is 9.53 Å². The number of methoxy groups -OCH3 is 1. The van der Waals surface area contributed by atoms with Gasteiger partial charge in [-0.3, -0.25) is 4.79 Å². The molecule has 0 saturated carbocycles. The number of rotatable bonds is 5. The highest BCUT2D eigenvalue weighted by atomic mass is 32.1. The van der Waals surface area contributed by atoms with Crippen molar-refractivity contribution >= 4 is 17.2 Å². The smallest absolute Gasteiger partial charge is 0.261 e. The minimum absolute atomic E-state index is 0.0971. The average molecular weight is 276 g/mol. The number of ether oxygens (including phenoxy) is 1. The van der Waals surface area contributed by atoms with Crippen LogP contribution in [0.5, 0.6) is 5.75 Å². The van der Waals surface area contributed by atoms with E-state index in [0.29, 0.717) is 23.7 Å². The maximum atomic E-state index is 12.0. The number of carbonyl (C=O) groups excluding carboxylic acids is 1. The zero-order chi connectivity index (χ0) is 13.7. The molecule has 0 spiro atoms. The van der Waals surface area contributed by atoms with Crippen LogP contribution >= 0.6 is 11.3 Å². The van der Waals surface area contributed by atoms with Gasteiger partial charge >= 0.3 is 0 Å². The van der Waals surface area contributed by atoms with Crippen LogP contribution in [-0.4, -0.2) is 13.0 Å². The van der Waals surface area contributed by atoms with Crippen LogP contribution in [0.2, 0.25) is 0 Å². The molecule has 0 saturated heterocycles. The summed E-state index contributed by atoms with van der Waals surface area (Å²) in [6, 6.07) is 9.55. The molecule has 1 amide bonds. The van der Waals surface area contributed by atoms with Gasteiger partial charge in [-0.25, -0.2) is 0 Å². The summed E-state index contributed by atoms with van der Waals surface area (Å²) in [6.07, 6.45) is 0. The predicted molar refractivity (Wildman–Crippen MR) is 76.4 cm³/mol. The van der Waals surface area contributed by atoms with Crippen molar-refractivity contribution in [3.63, 3.8) is 0 Å². The molecule has 0 aliphatic carbocycles. The molecule has 0 aliphatic heterocycles. The summed E-state index contributed by atoms with van der Waals surface area (Å²) in [5.74, 6) is 0.609. The summed E-state index contributed by atoms with van der Waals surface area (Å²) in [6.45, 7) is 0.950. The molecule has 4 nitrogen and oxygen atoms in total. The van der Waals surface area contributed by atoms with Gasteiger partial charge in [0.25, 0.3) is 5.91 Å². The Morgan fingerprint density at radius 2 is 2.11 bits per heavy atom. The molecule has 0 bridgehead atoms. The van der Waals surface area contributed by atoms with Gasteiger partial charge in [0.15, 0.2) is 0 Å². The Labute approximate surface area is 116 Å². The molecular formula is C14H16N2O2S. The van der Waals surface area contributed by atoms with Crippen molar-refractivity contribution in [3.8, 4) is 5.75 Å². The van der Waals surface area contributed by atoms with Crippen LogP contribution in [0.3, 0.4) is 0 Å². The maximum absolute atomic E-state index is 12.0. The minimum atomic E-state index is -0.0971. The standard InChI is InChI=1S/C14H16N2O2S/c1-18-12-6-13(19-9-12)14(17)16-8-11-5-3-2-4-10(11)7-15/h2-6,9H,7-8,15H2,1H3,(H,16,17). The van der Waals surface area contributed by atoms with Gasteiger partial charge in [0.05, 0.1) is 12.0 Å². The second-order valence-corrected chi connectivity index (χ2v) is 4.92. The molecule has 1 heterocycles. The van der Waals surface area contributed by atoms with E-state index in [9.17, 15) is 4.79 Å². The number of nitrogens with two attached hydrogens (primary N) is 1. The molecule has 1 aromatic carbocycles. The molecule has 2 aromatic rings. The molecule has 0 unspecified atom stereocenters. The lowest BCUT2D eigenvalue weighted by Crippen LogP contribution is -2.22. The van der Waals surface area contributed by atoms with E-state index < -0.39 is 0 Å². The third kappa shape index (κ3) is 3.33. The van der Waals surface area contributed by atoms with E-state index in [1.54, 1.807) is 13.2 Å². The van der Waals surface area contributed by atoms with Crippen molar-refractivity contribution in [2.24, 2.45) is 5.73 Å². The van der Waals surface area contributed by atoms with Gasteiger partial charge in [0.1, 0.15) is 5.75 Å². The van der Waals surface area contributed by atoms with Crippen LogP contribution < -0.4 is 15.8 Å². The summed E-state index contributed by atoms with van der Waals surface area (Å²) in [4.78, 5) is 12.6. The Balaban J connectivity index is 2.00. The Hall–Kier alpha value is -1.85. The van der Waals surface area contributed by atoms with Crippen LogP contribution in [0.4, 0.5) is 0 Å². The first kappa shape index (κ1) is 13.6. The van der Waals surface area contributed by atoms with E-state index in [2.05, 4.69) is 5.32 Å². The molecule has 0 fully saturated rings. The van der Waals surface area contributed by atoms with E-state index in [1.807, 2.05) is 29.6 Å². The summed E-state index contributed by atoms with van der Waals surface area (Å²) in [5.41, 5.74) is 7.75. The van der Waals surface area contributed by atoms with Crippen LogP contribution in [0.1, 0.15) is 20.8 Å². The van der Waals surface area contributed by atoms with Crippen LogP contribution in [0.15, 0.2) is 35.7 Å². The van der Waals surface area contributed by atoms with Crippen molar-refractivity contribution in [1.29, 1.82) is 0 Å². The molecule has 1 aromatic heterocycles. The summed E-state index contributed by atoms with van der Waals surface area (Å²) >= 11 is 1.37. The fraction of sp³-hybridized carbons (Fsp3) is 0.214. The molecule has 19 heavy (non-hydrogen) atoms. The first-order chi connectivity index (χ1) is 9.24. The van der Waals surface area contributed by atoms with Crippen molar-refractivity contribution in [3.05, 3.63) is 51.7 Å². The van der Waals surface area contributed by atoms with Gasteiger partial charge < -0.3 is 15.8 Å². The highest BCUT2D eigenvalue weighted by molar-refractivity contribution is 7.12. The number of thiophene rings is 1. The van der Waals surface area contributed by atoms with Crippen LogP contribution in [-0.2, 0) is 13.1 Å². The molecule has 3 N–H and O–H groups in total. The van der Waals surface area contributed by atoms with Crippen molar-refractivity contribution in [1.82, 2.24) is 5.32 Å². The van der Waals surface area contributed by atoms with Crippen LogP contribution in [0, 0.1) is 0 Å². The second kappa shape index (κ2) is 6.36.